The summed E-state index contributed by atoms with van der Waals surface area (Å²) in [7, 11) is 0. The summed E-state index contributed by atoms with van der Waals surface area (Å²) in [6, 6.07) is 11.6. The van der Waals surface area contributed by atoms with Gasteiger partial charge in [0.05, 0.1) is 0 Å². The van der Waals surface area contributed by atoms with Crippen LogP contribution in [0.5, 0.6) is 17.2 Å². The van der Waals surface area contributed by atoms with Gasteiger partial charge in [-0.15, -0.1) is 0 Å². The summed E-state index contributed by atoms with van der Waals surface area (Å²) < 4.78 is 21.3. The van der Waals surface area contributed by atoms with Crippen LogP contribution >= 0.6 is 0 Å². The predicted octanol–water partition coefficient (Wildman–Crippen LogP) is 1.46. The number of fused-ring (bicyclic) bond motifs is 1. The van der Waals surface area contributed by atoms with Crippen LogP contribution in [0.3, 0.4) is 0 Å². The first-order chi connectivity index (χ1) is 16.1. The molecule has 174 valence electrons. The summed E-state index contributed by atoms with van der Waals surface area (Å²) in [4.78, 5) is 36.2. The monoisotopic (exact) mass is 455 g/mol. The third-order valence-corrected chi connectivity index (χ3v) is 5.08. The molecule has 33 heavy (non-hydrogen) atoms. The third-order valence-electron chi connectivity index (χ3n) is 5.08. The molecule has 10 heteroatoms. The van der Waals surface area contributed by atoms with E-state index >= 15 is 0 Å². The van der Waals surface area contributed by atoms with Gasteiger partial charge in [-0.2, -0.15) is 0 Å². The summed E-state index contributed by atoms with van der Waals surface area (Å²) in [5, 5.41) is 8.20. The average Bonchev–Trinajstić information content (AvgIpc) is 3.52. The van der Waals surface area contributed by atoms with E-state index in [1.807, 2.05) is 0 Å². The van der Waals surface area contributed by atoms with E-state index in [0.29, 0.717) is 48.2 Å². The summed E-state index contributed by atoms with van der Waals surface area (Å²) in [6.45, 7) is 1.21. The maximum atomic E-state index is 12.2. The summed E-state index contributed by atoms with van der Waals surface area (Å²) in [5.74, 6) is 0.946. The number of amides is 3. The molecule has 2 aromatic rings. The van der Waals surface area contributed by atoms with E-state index in [0.717, 1.165) is 12.8 Å². The first-order valence-electron chi connectivity index (χ1n) is 10.7. The van der Waals surface area contributed by atoms with Crippen molar-refractivity contribution in [3.63, 3.8) is 0 Å². The van der Waals surface area contributed by atoms with Gasteiger partial charge in [-0.25, -0.2) is 0 Å². The minimum Gasteiger partial charge on any atom is -0.484 e. The second kappa shape index (κ2) is 10.7. The van der Waals surface area contributed by atoms with Gasteiger partial charge in [-0.3, -0.25) is 14.4 Å². The lowest BCUT2D eigenvalue weighted by atomic mass is 10.2. The van der Waals surface area contributed by atoms with Crippen molar-refractivity contribution in [2.75, 3.05) is 38.4 Å². The van der Waals surface area contributed by atoms with Crippen LogP contribution in [0.15, 0.2) is 42.5 Å². The zero-order valence-electron chi connectivity index (χ0n) is 17.9. The van der Waals surface area contributed by atoms with Crippen LogP contribution < -0.4 is 30.2 Å². The Bertz CT molecular complexity index is 1000. The smallest absolute Gasteiger partial charge is 0.262 e. The van der Waals surface area contributed by atoms with Crippen LogP contribution in [0.1, 0.15) is 23.2 Å². The van der Waals surface area contributed by atoms with Crippen molar-refractivity contribution in [1.29, 1.82) is 0 Å². The molecule has 0 radical (unpaired) electrons. The fourth-order valence-corrected chi connectivity index (χ4v) is 3.38. The molecule has 1 atom stereocenters. The fourth-order valence-electron chi connectivity index (χ4n) is 3.38. The molecular weight excluding hydrogens is 430 g/mol. The van der Waals surface area contributed by atoms with E-state index < -0.39 is 0 Å². The van der Waals surface area contributed by atoms with Crippen molar-refractivity contribution < 1.29 is 33.3 Å². The summed E-state index contributed by atoms with van der Waals surface area (Å²) in [6.07, 6.45) is 1.23. The number of carbonyl (C=O) groups is 3. The zero-order valence-corrected chi connectivity index (χ0v) is 17.9. The van der Waals surface area contributed by atoms with E-state index in [2.05, 4.69) is 16.0 Å². The molecule has 1 saturated heterocycles. The predicted molar refractivity (Wildman–Crippen MR) is 117 cm³/mol. The number of hydrogen-bond acceptors (Lipinski definition) is 7. The fraction of sp³-hybridized carbons (Fsp3) is 0.348. The zero-order chi connectivity index (χ0) is 23.0. The largest absolute Gasteiger partial charge is 0.484 e. The molecule has 0 saturated carbocycles. The molecular formula is C23H25N3O7. The van der Waals surface area contributed by atoms with Gasteiger partial charge in [-0.05, 0) is 49.2 Å². The van der Waals surface area contributed by atoms with Crippen molar-refractivity contribution in [2.24, 2.45) is 0 Å². The van der Waals surface area contributed by atoms with E-state index in [1.54, 1.807) is 42.5 Å². The van der Waals surface area contributed by atoms with Crippen LogP contribution in [-0.2, 0) is 14.3 Å². The topological polar surface area (TPSA) is 124 Å². The van der Waals surface area contributed by atoms with Crippen molar-refractivity contribution in [3.8, 4) is 17.2 Å². The van der Waals surface area contributed by atoms with Crippen LogP contribution in [-0.4, -0.2) is 56.9 Å². The first kappa shape index (κ1) is 22.4. The summed E-state index contributed by atoms with van der Waals surface area (Å²) >= 11 is 0. The van der Waals surface area contributed by atoms with Crippen LogP contribution in [0.4, 0.5) is 5.69 Å². The molecule has 3 N–H and O–H groups in total. The molecule has 1 fully saturated rings. The SMILES string of the molecule is O=C(COc1ccc2c(c1)OCO2)Nc1ccc(C(=O)NCCNC(=O)C2CCCO2)cc1. The second-order valence-corrected chi connectivity index (χ2v) is 7.48. The molecule has 2 heterocycles. The molecule has 0 aromatic heterocycles. The Hall–Kier alpha value is -3.79. The molecule has 2 aliphatic heterocycles. The number of nitrogens with one attached hydrogen (secondary N) is 3. The van der Waals surface area contributed by atoms with Crippen molar-refractivity contribution in [3.05, 3.63) is 48.0 Å². The molecule has 0 aliphatic carbocycles. The highest BCUT2D eigenvalue weighted by Gasteiger charge is 2.22. The van der Waals surface area contributed by atoms with E-state index in [9.17, 15) is 14.4 Å². The average molecular weight is 455 g/mol. The molecule has 0 spiro atoms. The van der Waals surface area contributed by atoms with Gasteiger partial charge in [0.25, 0.3) is 11.8 Å². The lowest BCUT2D eigenvalue weighted by Crippen LogP contribution is -2.39. The molecule has 2 aliphatic rings. The molecule has 2 aromatic carbocycles. The lowest BCUT2D eigenvalue weighted by Gasteiger charge is -2.11. The van der Waals surface area contributed by atoms with Crippen LogP contribution in [0.25, 0.3) is 0 Å². The first-order valence-corrected chi connectivity index (χ1v) is 10.7. The Morgan fingerprint density at radius 2 is 1.76 bits per heavy atom. The van der Waals surface area contributed by atoms with E-state index in [-0.39, 0.29) is 37.2 Å². The number of benzene rings is 2. The number of anilines is 1. The third kappa shape index (κ3) is 6.13. The normalized spacial score (nSPS) is 16.2. The van der Waals surface area contributed by atoms with E-state index in [4.69, 9.17) is 18.9 Å². The van der Waals surface area contributed by atoms with Gasteiger partial charge < -0.3 is 34.9 Å². The number of ether oxygens (including phenoxy) is 4. The van der Waals surface area contributed by atoms with Gasteiger partial charge in [0, 0.05) is 37.0 Å². The highest BCUT2D eigenvalue weighted by atomic mass is 16.7. The molecule has 4 rings (SSSR count). The quantitative estimate of drug-likeness (QED) is 0.489. The van der Waals surface area contributed by atoms with Gasteiger partial charge in [0.2, 0.25) is 12.7 Å². The Morgan fingerprint density at radius 3 is 2.55 bits per heavy atom. The standard InChI is InChI=1S/C23H25N3O7/c27-21(13-31-17-7-8-18-20(12-17)33-14-32-18)26-16-5-3-15(4-6-16)22(28)24-9-10-25-23(29)19-2-1-11-30-19/h3-8,12,19H,1-2,9-11,13-14H2,(H,24,28)(H,25,29)(H,26,27). The van der Waals surface area contributed by atoms with Gasteiger partial charge in [-0.1, -0.05) is 0 Å². The molecule has 0 bridgehead atoms. The van der Waals surface area contributed by atoms with Gasteiger partial charge >= 0.3 is 0 Å². The van der Waals surface area contributed by atoms with Crippen LogP contribution in [0, 0.1) is 0 Å². The minimum absolute atomic E-state index is 0.149. The molecule has 10 nitrogen and oxygen atoms in total. The summed E-state index contributed by atoms with van der Waals surface area (Å²) in [5.41, 5.74) is 0.977. The Morgan fingerprint density at radius 1 is 0.970 bits per heavy atom. The highest BCUT2D eigenvalue weighted by molar-refractivity contribution is 5.96. The number of carbonyl (C=O) groups excluding carboxylic acids is 3. The number of rotatable bonds is 9. The second-order valence-electron chi connectivity index (χ2n) is 7.48. The lowest BCUT2D eigenvalue weighted by molar-refractivity contribution is -0.130. The Labute approximate surface area is 190 Å². The maximum Gasteiger partial charge on any atom is 0.262 e. The van der Waals surface area contributed by atoms with Gasteiger partial charge in [0.1, 0.15) is 11.9 Å². The minimum atomic E-state index is -0.383. The van der Waals surface area contributed by atoms with Gasteiger partial charge in [0.15, 0.2) is 18.1 Å². The molecule has 1 unspecified atom stereocenters. The Balaban J connectivity index is 1.16. The van der Waals surface area contributed by atoms with Crippen molar-refractivity contribution >= 4 is 23.4 Å². The Kier molecular flexibility index (Phi) is 7.26. The van der Waals surface area contributed by atoms with Crippen molar-refractivity contribution in [2.45, 2.75) is 18.9 Å². The van der Waals surface area contributed by atoms with Crippen molar-refractivity contribution in [1.82, 2.24) is 10.6 Å². The van der Waals surface area contributed by atoms with E-state index in [1.165, 1.54) is 0 Å². The highest BCUT2D eigenvalue weighted by Crippen LogP contribution is 2.35. The molecule has 3 amide bonds. The maximum absolute atomic E-state index is 12.2. The van der Waals surface area contributed by atoms with Crippen LogP contribution in [0.2, 0.25) is 0 Å². The number of hydrogen-bond donors (Lipinski definition) is 3.